The molecule has 0 atom stereocenters. The normalized spacial score (nSPS) is 23.6. The number of rotatable bonds is 1. The van der Waals surface area contributed by atoms with Crippen LogP contribution < -0.4 is 0 Å². The fourth-order valence-electron chi connectivity index (χ4n) is 1.55. The maximum Gasteiger partial charge on any atom is 0.297 e. The van der Waals surface area contributed by atoms with Crippen LogP contribution in [-0.4, -0.2) is 5.78 Å². The first kappa shape index (κ1) is 8.24. The quantitative estimate of drug-likeness (QED) is 0.327. The highest BCUT2D eigenvalue weighted by Crippen LogP contribution is 2.27. The maximum atomic E-state index is 5.45. The van der Waals surface area contributed by atoms with Crippen molar-refractivity contribution in [1.82, 2.24) is 0 Å². The van der Waals surface area contributed by atoms with E-state index in [0.717, 1.165) is 24.2 Å². The number of hydrogen-bond acceptors (Lipinski definition) is 0. The van der Waals surface area contributed by atoms with E-state index >= 15 is 0 Å². The third-order valence-electron chi connectivity index (χ3n) is 2.14. The molecular weight excluding hydrogens is 160 g/mol. The molecule has 2 aliphatic carbocycles. The van der Waals surface area contributed by atoms with E-state index in [0.29, 0.717) is 0 Å². The first-order valence-electron chi connectivity index (χ1n) is 4.55. The lowest BCUT2D eigenvalue weighted by molar-refractivity contribution is -0.371. The average molecular weight is 172 g/mol. The van der Waals surface area contributed by atoms with E-state index in [1.54, 1.807) is 6.26 Å². The summed E-state index contributed by atoms with van der Waals surface area (Å²) in [5.74, 6) is 0.924. The average Bonchev–Trinajstić information content (AvgIpc) is 2.62. The zero-order chi connectivity index (χ0) is 9.10. The number of carbonyl (C=O) groups excluding carboxylic acids is 1. The minimum atomic E-state index is 0.924. The number of fused-ring (bicyclic) bond motifs is 1. The molecular formula is C12H12O. The van der Waals surface area contributed by atoms with Crippen LogP contribution in [0.2, 0.25) is 0 Å². The van der Waals surface area contributed by atoms with Gasteiger partial charge in [-0.25, -0.2) is 0 Å². The first-order chi connectivity index (χ1) is 6.42. The summed E-state index contributed by atoms with van der Waals surface area (Å²) in [6.07, 6.45) is 15.2. The van der Waals surface area contributed by atoms with Gasteiger partial charge < -0.3 is 0 Å². The molecule has 0 saturated carbocycles. The molecule has 1 heteroatoms. The Bertz CT molecular complexity index is 351. The first-order valence-corrected chi connectivity index (χ1v) is 4.55. The Balaban J connectivity index is 2.33. The smallest absolute Gasteiger partial charge is 0.275 e. The molecule has 0 fully saturated rings. The molecule has 0 radical (unpaired) electrons. The Kier molecular flexibility index (Phi) is 2.26. The zero-order valence-corrected chi connectivity index (χ0v) is 7.71. The lowest BCUT2D eigenvalue weighted by Gasteiger charge is -2.10. The van der Waals surface area contributed by atoms with Crippen molar-refractivity contribution >= 4 is 5.78 Å². The Hall–Kier alpha value is -1.37. The monoisotopic (exact) mass is 172 g/mol. The second-order valence-electron chi connectivity index (χ2n) is 3.05. The van der Waals surface area contributed by atoms with E-state index in [4.69, 9.17) is 4.42 Å². The molecule has 2 aliphatic rings. The van der Waals surface area contributed by atoms with Gasteiger partial charge in [0.15, 0.2) is 0 Å². The molecule has 0 aromatic carbocycles. The molecule has 0 spiro atoms. The van der Waals surface area contributed by atoms with Crippen molar-refractivity contribution in [3.63, 3.8) is 0 Å². The van der Waals surface area contributed by atoms with Crippen LogP contribution >= 0.6 is 0 Å². The van der Waals surface area contributed by atoms with E-state index in [2.05, 4.69) is 12.2 Å². The summed E-state index contributed by atoms with van der Waals surface area (Å²) in [7, 11) is 0. The summed E-state index contributed by atoms with van der Waals surface area (Å²) in [6, 6.07) is 0. The molecule has 0 aromatic rings. The van der Waals surface area contributed by atoms with Gasteiger partial charge >= 0.3 is 0 Å². The molecule has 0 aromatic heterocycles. The lowest BCUT2D eigenvalue weighted by Crippen LogP contribution is -2.04. The van der Waals surface area contributed by atoms with Crippen molar-refractivity contribution in [2.24, 2.45) is 0 Å². The minimum absolute atomic E-state index is 0.924. The number of allylic oxidation sites excluding steroid dienone is 7. The second kappa shape index (κ2) is 3.56. The Morgan fingerprint density at radius 2 is 2.46 bits per heavy atom. The van der Waals surface area contributed by atoms with Crippen molar-refractivity contribution in [3.05, 3.63) is 47.8 Å². The standard InChI is InChI=1S/C12H12O/c1-2-9-13-12-8-4-6-10-5-3-7-11(10)12/h2,4,6,8-9H,3,5H2,1H3/b9-2-. The largest absolute Gasteiger partial charge is 0.297 e. The Morgan fingerprint density at radius 1 is 1.54 bits per heavy atom. The van der Waals surface area contributed by atoms with Crippen LogP contribution in [0.5, 0.6) is 0 Å². The summed E-state index contributed by atoms with van der Waals surface area (Å²) in [5, 5.41) is 0. The summed E-state index contributed by atoms with van der Waals surface area (Å²) in [6.45, 7) is 1.94. The van der Waals surface area contributed by atoms with E-state index < -0.39 is 0 Å². The predicted octanol–water partition coefficient (Wildman–Crippen LogP) is 2.64. The highest BCUT2D eigenvalue weighted by Gasteiger charge is 2.14. The molecule has 13 heavy (non-hydrogen) atoms. The third kappa shape index (κ3) is 1.55. The van der Waals surface area contributed by atoms with Crippen LogP contribution in [0.4, 0.5) is 0 Å². The van der Waals surface area contributed by atoms with Gasteiger partial charge in [0.05, 0.1) is 0 Å². The lowest BCUT2D eigenvalue weighted by atomic mass is 10.0. The molecule has 0 unspecified atom stereocenters. The van der Waals surface area contributed by atoms with Crippen molar-refractivity contribution in [2.75, 3.05) is 0 Å². The fraction of sp³-hybridized carbons (Fsp3) is 0.250. The predicted molar refractivity (Wildman–Crippen MR) is 53.0 cm³/mol. The number of ketones is 1. The fourth-order valence-corrected chi connectivity index (χ4v) is 1.55. The maximum absolute atomic E-state index is 5.45. The van der Waals surface area contributed by atoms with E-state index in [-0.39, 0.29) is 0 Å². The van der Waals surface area contributed by atoms with Gasteiger partial charge in [-0.3, -0.25) is 4.42 Å². The van der Waals surface area contributed by atoms with Gasteiger partial charge in [-0.05, 0) is 13.0 Å². The van der Waals surface area contributed by atoms with Gasteiger partial charge in [-0.2, -0.15) is 6.08 Å². The van der Waals surface area contributed by atoms with Crippen molar-refractivity contribution in [1.29, 1.82) is 0 Å². The van der Waals surface area contributed by atoms with E-state index in [1.165, 1.54) is 5.57 Å². The van der Waals surface area contributed by atoms with Crippen LogP contribution in [0.25, 0.3) is 0 Å². The highest BCUT2D eigenvalue weighted by atomic mass is 16.4. The SMILES string of the molecule is C/C=C\[O+]=C1C=CC=C2CC[C-]=C21. The molecule has 0 saturated heterocycles. The molecule has 66 valence electrons. The van der Waals surface area contributed by atoms with Crippen LogP contribution in [-0.2, 0) is 4.42 Å². The van der Waals surface area contributed by atoms with Crippen LogP contribution in [0.15, 0.2) is 41.7 Å². The second-order valence-corrected chi connectivity index (χ2v) is 3.05. The molecule has 1 nitrogen and oxygen atoms in total. The molecule has 2 rings (SSSR count). The topological polar surface area (TPSA) is 11.3 Å². The van der Waals surface area contributed by atoms with Crippen molar-refractivity contribution in [3.8, 4) is 0 Å². The molecule has 0 aliphatic heterocycles. The third-order valence-corrected chi connectivity index (χ3v) is 2.14. The molecule has 0 N–H and O–H groups in total. The summed E-state index contributed by atoms with van der Waals surface area (Å²) in [5.41, 5.74) is 2.50. The highest BCUT2D eigenvalue weighted by molar-refractivity contribution is 6.09. The zero-order valence-electron chi connectivity index (χ0n) is 7.71. The molecule has 0 heterocycles. The Labute approximate surface area is 78.5 Å². The summed E-state index contributed by atoms with van der Waals surface area (Å²) >= 11 is 0. The van der Waals surface area contributed by atoms with Gasteiger partial charge in [0.25, 0.3) is 12.0 Å². The van der Waals surface area contributed by atoms with E-state index in [9.17, 15) is 0 Å². The van der Waals surface area contributed by atoms with Crippen LogP contribution in [0.1, 0.15) is 19.8 Å². The van der Waals surface area contributed by atoms with Gasteiger partial charge in [0.1, 0.15) is 0 Å². The van der Waals surface area contributed by atoms with Gasteiger partial charge in [0, 0.05) is 6.08 Å². The number of hydrogen-bond donors (Lipinski definition) is 0. The van der Waals surface area contributed by atoms with Gasteiger partial charge in [-0.1, -0.05) is 24.5 Å². The van der Waals surface area contributed by atoms with Crippen molar-refractivity contribution in [2.45, 2.75) is 19.8 Å². The van der Waals surface area contributed by atoms with Crippen LogP contribution in [0, 0.1) is 6.08 Å². The van der Waals surface area contributed by atoms with Gasteiger partial charge in [0.2, 0.25) is 0 Å². The van der Waals surface area contributed by atoms with Crippen LogP contribution in [0.3, 0.4) is 0 Å². The van der Waals surface area contributed by atoms with E-state index in [1.807, 2.05) is 25.2 Å². The van der Waals surface area contributed by atoms with Gasteiger partial charge in [-0.15, -0.1) is 11.6 Å². The van der Waals surface area contributed by atoms with Crippen molar-refractivity contribution < 1.29 is 4.42 Å². The Morgan fingerprint density at radius 3 is 3.31 bits per heavy atom. The molecule has 0 amide bonds. The summed E-state index contributed by atoms with van der Waals surface area (Å²) < 4.78 is 5.45. The minimum Gasteiger partial charge on any atom is -0.275 e. The summed E-state index contributed by atoms with van der Waals surface area (Å²) in [4.78, 5) is 0. The molecule has 0 bridgehead atoms.